The van der Waals surface area contributed by atoms with Crippen molar-refractivity contribution in [3.05, 3.63) is 101 Å². The Morgan fingerprint density at radius 1 is 0.812 bits per heavy atom. The summed E-state index contributed by atoms with van der Waals surface area (Å²) in [4.78, 5) is 27.3. The number of nitrogens with zero attached hydrogens (tertiary/aromatic N) is 1. The molecule has 1 heterocycles. The topological polar surface area (TPSA) is 49.4 Å². The summed E-state index contributed by atoms with van der Waals surface area (Å²) in [6.45, 7) is 6.29. The van der Waals surface area contributed by atoms with E-state index in [9.17, 15) is 18.4 Å². The highest BCUT2D eigenvalue weighted by Gasteiger charge is 2.41. The normalized spacial score (nSPS) is 14.3. The van der Waals surface area contributed by atoms with E-state index in [1.165, 1.54) is 0 Å². The molecule has 2 amide bonds. The smallest absolute Gasteiger partial charge is 0.282 e. The molecule has 4 nitrogen and oxygen atoms in total. The van der Waals surface area contributed by atoms with Crippen LogP contribution in [0.15, 0.2) is 78.5 Å². The van der Waals surface area contributed by atoms with E-state index in [1.54, 1.807) is 30.3 Å². The van der Waals surface area contributed by atoms with Gasteiger partial charge in [-0.3, -0.25) is 9.59 Å². The summed E-state index contributed by atoms with van der Waals surface area (Å²) >= 11 is 0. The summed E-state index contributed by atoms with van der Waals surface area (Å²) < 4.78 is 27.9. The third kappa shape index (κ3) is 3.91. The number of carbonyl (C=O) groups excluding carboxylic acids is 2. The van der Waals surface area contributed by atoms with Crippen LogP contribution in [0, 0.1) is 11.6 Å². The number of hydrogen-bond donors (Lipinski definition) is 1. The summed E-state index contributed by atoms with van der Waals surface area (Å²) in [6.07, 6.45) is 0. The molecule has 162 valence electrons. The molecule has 32 heavy (non-hydrogen) atoms. The summed E-state index contributed by atoms with van der Waals surface area (Å²) in [5.41, 5.74) is 2.07. The van der Waals surface area contributed by atoms with Gasteiger partial charge in [0.2, 0.25) is 0 Å². The SMILES string of the molecule is CC(C)(C)c1ccc(NC2=C(c3ccccc3)C(=O)N(c3ccc(F)cc3F)C2=O)cc1. The van der Waals surface area contributed by atoms with Crippen LogP contribution in [0.5, 0.6) is 0 Å². The molecule has 0 bridgehead atoms. The predicted molar refractivity (Wildman–Crippen MR) is 121 cm³/mol. The molecule has 0 atom stereocenters. The van der Waals surface area contributed by atoms with Crippen LogP contribution in [0.1, 0.15) is 31.9 Å². The lowest BCUT2D eigenvalue weighted by Crippen LogP contribution is -2.33. The molecule has 0 spiro atoms. The zero-order valence-corrected chi connectivity index (χ0v) is 17.9. The molecule has 0 saturated heterocycles. The fraction of sp³-hybridized carbons (Fsp3) is 0.154. The van der Waals surface area contributed by atoms with Crippen LogP contribution >= 0.6 is 0 Å². The average molecular weight is 432 g/mol. The largest absolute Gasteiger partial charge is 0.350 e. The number of hydrogen-bond acceptors (Lipinski definition) is 3. The third-order valence-corrected chi connectivity index (χ3v) is 5.32. The van der Waals surface area contributed by atoms with E-state index in [-0.39, 0.29) is 22.4 Å². The minimum absolute atomic E-state index is 0.0356. The van der Waals surface area contributed by atoms with Gasteiger partial charge in [-0.1, -0.05) is 63.2 Å². The number of rotatable bonds is 4. The second-order valence-electron chi connectivity index (χ2n) is 8.61. The first kappa shape index (κ1) is 21.4. The summed E-state index contributed by atoms with van der Waals surface area (Å²) in [7, 11) is 0. The van der Waals surface area contributed by atoms with Crippen LogP contribution in [-0.4, -0.2) is 11.8 Å². The first-order valence-corrected chi connectivity index (χ1v) is 10.2. The van der Waals surface area contributed by atoms with Crippen molar-refractivity contribution in [3.63, 3.8) is 0 Å². The highest BCUT2D eigenvalue weighted by Crippen LogP contribution is 2.35. The quantitative estimate of drug-likeness (QED) is 0.542. The van der Waals surface area contributed by atoms with Gasteiger partial charge in [-0.15, -0.1) is 0 Å². The summed E-state index contributed by atoms with van der Waals surface area (Å²) in [5, 5.41) is 3.05. The second kappa shape index (κ2) is 8.04. The lowest BCUT2D eigenvalue weighted by Gasteiger charge is -2.19. The molecular weight excluding hydrogens is 410 g/mol. The van der Waals surface area contributed by atoms with Gasteiger partial charge in [-0.25, -0.2) is 13.7 Å². The molecular formula is C26H22F2N2O2. The lowest BCUT2D eigenvalue weighted by molar-refractivity contribution is -0.120. The average Bonchev–Trinajstić information content (AvgIpc) is 2.98. The number of benzene rings is 3. The molecule has 6 heteroatoms. The fourth-order valence-corrected chi connectivity index (χ4v) is 3.60. The fourth-order valence-electron chi connectivity index (χ4n) is 3.60. The van der Waals surface area contributed by atoms with E-state index in [2.05, 4.69) is 26.1 Å². The van der Waals surface area contributed by atoms with Crippen LogP contribution in [0.25, 0.3) is 5.57 Å². The number of carbonyl (C=O) groups is 2. The van der Waals surface area contributed by atoms with Crippen LogP contribution in [0.3, 0.4) is 0 Å². The molecule has 0 saturated carbocycles. The Balaban J connectivity index is 1.78. The zero-order valence-electron chi connectivity index (χ0n) is 17.9. The monoisotopic (exact) mass is 432 g/mol. The molecule has 1 aliphatic heterocycles. The van der Waals surface area contributed by atoms with Crippen molar-refractivity contribution in [2.24, 2.45) is 0 Å². The van der Waals surface area contributed by atoms with Crippen LogP contribution < -0.4 is 10.2 Å². The Bertz CT molecular complexity index is 1230. The molecule has 0 aliphatic carbocycles. The molecule has 0 unspecified atom stereocenters. The van der Waals surface area contributed by atoms with E-state index in [0.717, 1.165) is 22.6 Å². The highest BCUT2D eigenvalue weighted by molar-refractivity contribution is 6.46. The Hall–Kier alpha value is -3.80. The minimum atomic E-state index is -0.991. The van der Waals surface area contributed by atoms with Gasteiger partial charge in [0, 0.05) is 11.8 Å². The van der Waals surface area contributed by atoms with Gasteiger partial charge in [0.1, 0.15) is 17.3 Å². The lowest BCUT2D eigenvalue weighted by atomic mass is 9.87. The highest BCUT2D eigenvalue weighted by atomic mass is 19.1. The Labute approximate surface area is 185 Å². The van der Waals surface area contributed by atoms with Gasteiger partial charge >= 0.3 is 0 Å². The maximum absolute atomic E-state index is 14.5. The van der Waals surface area contributed by atoms with E-state index >= 15 is 0 Å². The standard InChI is InChI=1S/C26H22F2N2O2/c1-26(2,3)17-9-12-19(13-10-17)29-23-22(16-7-5-4-6-8-16)24(31)30(25(23)32)21-14-11-18(27)15-20(21)28/h4-15,29H,1-3H3. The molecule has 3 aromatic carbocycles. The van der Waals surface area contributed by atoms with Crippen molar-refractivity contribution in [2.75, 3.05) is 10.2 Å². The molecule has 1 aliphatic rings. The van der Waals surface area contributed by atoms with Gasteiger partial charge in [0.15, 0.2) is 0 Å². The Morgan fingerprint density at radius 2 is 1.47 bits per heavy atom. The van der Waals surface area contributed by atoms with E-state index in [4.69, 9.17) is 0 Å². The maximum atomic E-state index is 14.5. The maximum Gasteiger partial charge on any atom is 0.282 e. The number of nitrogens with one attached hydrogen (secondary N) is 1. The van der Waals surface area contributed by atoms with E-state index < -0.39 is 23.4 Å². The number of halogens is 2. The van der Waals surface area contributed by atoms with Crippen molar-refractivity contribution in [2.45, 2.75) is 26.2 Å². The van der Waals surface area contributed by atoms with Crippen molar-refractivity contribution >= 4 is 28.8 Å². The van der Waals surface area contributed by atoms with Crippen molar-refractivity contribution in [1.29, 1.82) is 0 Å². The van der Waals surface area contributed by atoms with Crippen molar-refractivity contribution < 1.29 is 18.4 Å². The van der Waals surface area contributed by atoms with E-state index in [0.29, 0.717) is 17.3 Å². The van der Waals surface area contributed by atoms with Gasteiger partial charge in [-0.2, -0.15) is 0 Å². The Morgan fingerprint density at radius 3 is 2.06 bits per heavy atom. The predicted octanol–water partition coefficient (Wildman–Crippen LogP) is 5.66. The molecule has 0 aromatic heterocycles. The van der Waals surface area contributed by atoms with Gasteiger partial charge in [0.25, 0.3) is 11.8 Å². The van der Waals surface area contributed by atoms with Crippen molar-refractivity contribution in [3.8, 4) is 0 Å². The molecule has 4 rings (SSSR count). The first-order chi connectivity index (χ1) is 15.2. The summed E-state index contributed by atoms with van der Waals surface area (Å²) in [6, 6.07) is 19.0. The molecule has 0 radical (unpaired) electrons. The van der Waals surface area contributed by atoms with Gasteiger partial charge < -0.3 is 5.32 Å². The van der Waals surface area contributed by atoms with Gasteiger partial charge in [-0.05, 0) is 40.8 Å². The second-order valence-corrected chi connectivity index (χ2v) is 8.61. The van der Waals surface area contributed by atoms with E-state index in [1.807, 2.05) is 24.3 Å². The zero-order chi connectivity index (χ0) is 23.0. The van der Waals surface area contributed by atoms with Gasteiger partial charge in [0.05, 0.1) is 11.3 Å². The number of imide groups is 1. The molecule has 3 aromatic rings. The number of anilines is 2. The third-order valence-electron chi connectivity index (χ3n) is 5.32. The van der Waals surface area contributed by atoms with Crippen LogP contribution in [0.4, 0.5) is 20.2 Å². The first-order valence-electron chi connectivity index (χ1n) is 10.2. The molecule has 0 fully saturated rings. The summed E-state index contributed by atoms with van der Waals surface area (Å²) in [5.74, 6) is -3.17. The van der Waals surface area contributed by atoms with Crippen LogP contribution in [-0.2, 0) is 15.0 Å². The van der Waals surface area contributed by atoms with Crippen molar-refractivity contribution in [1.82, 2.24) is 0 Å². The Kier molecular flexibility index (Phi) is 5.38. The molecule has 1 N–H and O–H groups in total. The van der Waals surface area contributed by atoms with Crippen LogP contribution in [0.2, 0.25) is 0 Å². The number of amides is 2. The minimum Gasteiger partial charge on any atom is -0.350 e.